The Bertz CT molecular complexity index is 383. The molecule has 2 rings (SSSR count). The maximum Gasteiger partial charge on any atom is 0.148 e. The van der Waals surface area contributed by atoms with Crippen molar-refractivity contribution in [1.29, 1.82) is 0 Å². The van der Waals surface area contributed by atoms with Crippen molar-refractivity contribution in [3.05, 3.63) is 10.8 Å². The van der Waals surface area contributed by atoms with Gasteiger partial charge < -0.3 is 10.2 Å². The Labute approximate surface area is 111 Å². The van der Waals surface area contributed by atoms with Crippen LogP contribution in [0.2, 0.25) is 0 Å². The Kier molecular flexibility index (Phi) is 4.20. The third-order valence-electron chi connectivity index (χ3n) is 3.28. The Morgan fingerprint density at radius 2 is 2.29 bits per heavy atom. The van der Waals surface area contributed by atoms with Crippen LogP contribution in [-0.4, -0.2) is 29.6 Å². The summed E-state index contributed by atoms with van der Waals surface area (Å²) in [5, 5.41) is 3.24. The summed E-state index contributed by atoms with van der Waals surface area (Å²) in [6.45, 7) is 7.40. The van der Waals surface area contributed by atoms with Crippen molar-refractivity contribution >= 4 is 27.6 Å². The Balaban J connectivity index is 2.18. The lowest BCUT2D eigenvalue weighted by atomic mass is 10.1. The maximum absolute atomic E-state index is 4.40. The van der Waals surface area contributed by atoms with E-state index in [0.717, 1.165) is 41.7 Å². The van der Waals surface area contributed by atoms with E-state index < -0.39 is 0 Å². The largest absolute Gasteiger partial charge is 0.369 e. The smallest absolute Gasteiger partial charge is 0.148 e. The number of anilines is 2. The molecular formula is C12H19BrN4. The van der Waals surface area contributed by atoms with Gasteiger partial charge >= 0.3 is 0 Å². The van der Waals surface area contributed by atoms with Crippen LogP contribution < -0.4 is 10.2 Å². The summed E-state index contributed by atoms with van der Waals surface area (Å²) in [5.41, 5.74) is 0. The molecule has 1 fully saturated rings. The normalized spacial score (nSPS) is 19.7. The molecule has 4 nitrogen and oxygen atoms in total. The number of nitrogens with zero attached hydrogens (tertiary/aromatic N) is 3. The quantitative estimate of drug-likeness (QED) is 0.928. The van der Waals surface area contributed by atoms with Crippen LogP contribution in [0.1, 0.15) is 26.7 Å². The van der Waals surface area contributed by atoms with Gasteiger partial charge in [-0.25, -0.2) is 9.97 Å². The zero-order chi connectivity index (χ0) is 12.3. The molecule has 0 bridgehead atoms. The average molecular weight is 299 g/mol. The molecule has 2 heterocycles. The van der Waals surface area contributed by atoms with Gasteiger partial charge in [0.2, 0.25) is 0 Å². The van der Waals surface area contributed by atoms with E-state index in [2.05, 4.69) is 50.0 Å². The van der Waals surface area contributed by atoms with Gasteiger partial charge in [0.25, 0.3) is 0 Å². The summed E-state index contributed by atoms with van der Waals surface area (Å²) in [6, 6.07) is 0. The SMILES string of the molecule is CCNc1ncnc(N2CCC(CC)C2)c1Br. The van der Waals surface area contributed by atoms with E-state index >= 15 is 0 Å². The minimum atomic E-state index is 0.805. The van der Waals surface area contributed by atoms with Gasteiger partial charge in [-0.1, -0.05) is 13.3 Å². The van der Waals surface area contributed by atoms with E-state index in [4.69, 9.17) is 0 Å². The molecule has 1 N–H and O–H groups in total. The third kappa shape index (κ3) is 2.70. The summed E-state index contributed by atoms with van der Waals surface area (Å²) < 4.78 is 0.985. The number of halogens is 1. The fourth-order valence-electron chi connectivity index (χ4n) is 2.23. The van der Waals surface area contributed by atoms with E-state index in [-0.39, 0.29) is 0 Å². The lowest BCUT2D eigenvalue weighted by molar-refractivity contribution is 0.568. The lowest BCUT2D eigenvalue weighted by Gasteiger charge is -2.19. The van der Waals surface area contributed by atoms with Crippen molar-refractivity contribution in [2.24, 2.45) is 5.92 Å². The van der Waals surface area contributed by atoms with Crippen LogP contribution in [0.15, 0.2) is 10.8 Å². The Morgan fingerprint density at radius 1 is 1.47 bits per heavy atom. The van der Waals surface area contributed by atoms with Gasteiger partial charge in [-0.15, -0.1) is 0 Å². The lowest BCUT2D eigenvalue weighted by Crippen LogP contribution is -2.21. The Hall–Kier alpha value is -0.840. The highest BCUT2D eigenvalue weighted by atomic mass is 79.9. The van der Waals surface area contributed by atoms with Crippen LogP contribution in [-0.2, 0) is 0 Å². The highest BCUT2D eigenvalue weighted by Gasteiger charge is 2.24. The molecule has 0 amide bonds. The molecule has 0 radical (unpaired) electrons. The van der Waals surface area contributed by atoms with Crippen molar-refractivity contribution in [2.45, 2.75) is 26.7 Å². The highest BCUT2D eigenvalue weighted by Crippen LogP contribution is 2.33. The molecule has 1 unspecified atom stereocenters. The first-order valence-electron chi connectivity index (χ1n) is 6.25. The molecule has 0 saturated carbocycles. The van der Waals surface area contributed by atoms with Crippen LogP contribution in [0.3, 0.4) is 0 Å². The highest BCUT2D eigenvalue weighted by molar-refractivity contribution is 9.10. The van der Waals surface area contributed by atoms with Gasteiger partial charge in [0.15, 0.2) is 0 Å². The standard InChI is InChI=1S/C12H19BrN4/c1-3-9-5-6-17(7-9)12-10(13)11(14-4-2)15-8-16-12/h8-9H,3-7H2,1-2H3,(H,14,15,16). The van der Waals surface area contributed by atoms with E-state index in [1.54, 1.807) is 6.33 Å². The van der Waals surface area contributed by atoms with E-state index in [1.165, 1.54) is 12.8 Å². The predicted molar refractivity (Wildman–Crippen MR) is 74.5 cm³/mol. The second-order valence-corrected chi connectivity index (χ2v) is 5.19. The van der Waals surface area contributed by atoms with Gasteiger partial charge in [0.05, 0.1) is 0 Å². The number of rotatable bonds is 4. The number of aromatic nitrogens is 2. The topological polar surface area (TPSA) is 41.1 Å². The van der Waals surface area contributed by atoms with Gasteiger partial charge in [-0.3, -0.25) is 0 Å². The summed E-state index contributed by atoms with van der Waals surface area (Å²) in [4.78, 5) is 11.0. The van der Waals surface area contributed by atoms with Gasteiger partial charge in [0, 0.05) is 19.6 Å². The molecule has 1 aromatic heterocycles. The molecule has 17 heavy (non-hydrogen) atoms. The molecule has 0 aromatic carbocycles. The summed E-state index contributed by atoms with van der Waals surface area (Å²) in [7, 11) is 0. The van der Waals surface area contributed by atoms with Crippen molar-refractivity contribution in [3.8, 4) is 0 Å². The first-order chi connectivity index (χ1) is 8.26. The minimum absolute atomic E-state index is 0.805. The third-order valence-corrected chi connectivity index (χ3v) is 4.01. The molecule has 1 saturated heterocycles. The predicted octanol–water partition coefficient (Wildman–Crippen LogP) is 2.91. The second kappa shape index (κ2) is 5.67. The second-order valence-electron chi connectivity index (χ2n) is 4.40. The maximum atomic E-state index is 4.40. The van der Waals surface area contributed by atoms with Crippen molar-refractivity contribution in [2.75, 3.05) is 29.9 Å². The van der Waals surface area contributed by atoms with Crippen molar-refractivity contribution < 1.29 is 0 Å². The van der Waals surface area contributed by atoms with E-state index in [9.17, 15) is 0 Å². The fraction of sp³-hybridized carbons (Fsp3) is 0.667. The molecule has 94 valence electrons. The molecule has 1 atom stereocenters. The molecule has 0 spiro atoms. The van der Waals surface area contributed by atoms with Crippen molar-refractivity contribution in [1.82, 2.24) is 9.97 Å². The van der Waals surface area contributed by atoms with Gasteiger partial charge in [-0.05, 0) is 35.2 Å². The monoisotopic (exact) mass is 298 g/mol. The van der Waals surface area contributed by atoms with Gasteiger partial charge in [0.1, 0.15) is 22.4 Å². The molecular weight excluding hydrogens is 280 g/mol. The number of hydrogen-bond acceptors (Lipinski definition) is 4. The van der Waals surface area contributed by atoms with E-state index in [0.29, 0.717) is 0 Å². The number of nitrogens with one attached hydrogen (secondary N) is 1. The summed E-state index contributed by atoms with van der Waals surface area (Å²) in [5.74, 6) is 2.71. The van der Waals surface area contributed by atoms with Crippen LogP contribution in [0.4, 0.5) is 11.6 Å². The molecule has 1 aliphatic rings. The molecule has 0 aliphatic carbocycles. The zero-order valence-electron chi connectivity index (χ0n) is 10.4. The van der Waals surface area contributed by atoms with Crippen molar-refractivity contribution in [3.63, 3.8) is 0 Å². The number of hydrogen-bond donors (Lipinski definition) is 1. The van der Waals surface area contributed by atoms with Crippen LogP contribution in [0.25, 0.3) is 0 Å². The van der Waals surface area contributed by atoms with Crippen LogP contribution in [0.5, 0.6) is 0 Å². The zero-order valence-corrected chi connectivity index (χ0v) is 12.0. The fourth-order valence-corrected chi connectivity index (χ4v) is 2.83. The summed E-state index contributed by atoms with van der Waals surface area (Å²) >= 11 is 3.60. The first kappa shape index (κ1) is 12.6. The van der Waals surface area contributed by atoms with E-state index in [1.807, 2.05) is 0 Å². The molecule has 1 aromatic rings. The molecule has 1 aliphatic heterocycles. The minimum Gasteiger partial charge on any atom is -0.369 e. The molecule has 5 heteroatoms. The average Bonchev–Trinajstić information content (AvgIpc) is 2.80. The van der Waals surface area contributed by atoms with Crippen LogP contribution >= 0.6 is 15.9 Å². The Morgan fingerprint density at radius 3 is 2.94 bits per heavy atom. The van der Waals surface area contributed by atoms with Crippen LogP contribution in [0, 0.1) is 5.92 Å². The first-order valence-corrected chi connectivity index (χ1v) is 7.04. The van der Waals surface area contributed by atoms with Gasteiger partial charge in [-0.2, -0.15) is 0 Å². The summed E-state index contributed by atoms with van der Waals surface area (Å²) in [6.07, 6.45) is 4.15.